The normalized spacial score (nSPS) is 15.5. The largest absolute Gasteiger partial charge is 0.497 e. The standard InChI is InChI=1S/C22H26N4O3S2/c1-28-18-5-2-4-17(14-18)26-8-7-23-22(26)31-16-21(27)24-15-19(20-6-3-13-30-20)25-9-11-29-12-10-25/h2-8,13-14,19H,9-12,15-16H2,1H3,(H,24,27)/t19-/m1/s1. The maximum absolute atomic E-state index is 12.6. The summed E-state index contributed by atoms with van der Waals surface area (Å²) in [6.07, 6.45) is 3.63. The van der Waals surface area contributed by atoms with Crippen molar-refractivity contribution in [1.29, 1.82) is 0 Å². The predicted octanol–water partition coefficient (Wildman–Crippen LogP) is 3.22. The fourth-order valence-electron chi connectivity index (χ4n) is 3.52. The Bertz CT molecular complexity index is 971. The number of thioether (sulfide) groups is 1. The highest BCUT2D eigenvalue weighted by atomic mass is 32.2. The SMILES string of the molecule is COc1cccc(-n2ccnc2SCC(=O)NC[C@H](c2cccs2)N2CCOCC2)c1. The molecule has 7 nitrogen and oxygen atoms in total. The van der Waals surface area contributed by atoms with Crippen LogP contribution in [-0.2, 0) is 9.53 Å². The highest BCUT2D eigenvalue weighted by Gasteiger charge is 2.24. The molecular formula is C22H26N4O3S2. The first kappa shape index (κ1) is 21.9. The van der Waals surface area contributed by atoms with Gasteiger partial charge in [0.15, 0.2) is 5.16 Å². The lowest BCUT2D eigenvalue weighted by Crippen LogP contribution is -2.43. The molecule has 0 bridgehead atoms. The van der Waals surface area contributed by atoms with Gasteiger partial charge in [-0.05, 0) is 23.6 Å². The van der Waals surface area contributed by atoms with Crippen LogP contribution in [0.15, 0.2) is 59.3 Å². The first-order valence-corrected chi connectivity index (χ1v) is 12.0. The number of methoxy groups -OCH3 is 1. The van der Waals surface area contributed by atoms with Crippen LogP contribution < -0.4 is 10.1 Å². The summed E-state index contributed by atoms with van der Waals surface area (Å²) in [5.41, 5.74) is 0.949. The number of benzene rings is 1. The Morgan fingerprint density at radius 3 is 2.97 bits per heavy atom. The fourth-order valence-corrected chi connectivity index (χ4v) is 5.19. The maximum Gasteiger partial charge on any atom is 0.230 e. The minimum atomic E-state index is 0.00000722. The van der Waals surface area contributed by atoms with E-state index in [-0.39, 0.29) is 11.9 Å². The van der Waals surface area contributed by atoms with Gasteiger partial charge in [-0.15, -0.1) is 11.3 Å². The smallest absolute Gasteiger partial charge is 0.230 e. The van der Waals surface area contributed by atoms with Gasteiger partial charge < -0.3 is 14.8 Å². The highest BCUT2D eigenvalue weighted by Crippen LogP contribution is 2.26. The van der Waals surface area contributed by atoms with Gasteiger partial charge in [-0.25, -0.2) is 4.98 Å². The molecule has 1 aromatic carbocycles. The summed E-state index contributed by atoms with van der Waals surface area (Å²) >= 11 is 3.15. The number of rotatable bonds is 9. The van der Waals surface area contributed by atoms with Crippen molar-refractivity contribution >= 4 is 29.0 Å². The highest BCUT2D eigenvalue weighted by molar-refractivity contribution is 7.99. The molecule has 2 aromatic heterocycles. The Hall–Kier alpha value is -2.33. The summed E-state index contributed by atoms with van der Waals surface area (Å²) in [7, 11) is 1.65. The van der Waals surface area contributed by atoms with Crippen molar-refractivity contribution in [3.05, 3.63) is 59.0 Å². The van der Waals surface area contributed by atoms with Gasteiger partial charge in [0, 0.05) is 43.0 Å². The van der Waals surface area contributed by atoms with Crippen molar-refractivity contribution in [3.8, 4) is 11.4 Å². The van der Waals surface area contributed by atoms with Gasteiger partial charge in [0.25, 0.3) is 0 Å². The summed E-state index contributed by atoms with van der Waals surface area (Å²) in [4.78, 5) is 20.7. The molecule has 1 amide bonds. The van der Waals surface area contributed by atoms with Gasteiger partial charge in [-0.1, -0.05) is 23.9 Å². The maximum atomic E-state index is 12.6. The summed E-state index contributed by atoms with van der Waals surface area (Å²) in [6.45, 7) is 3.82. The lowest BCUT2D eigenvalue weighted by molar-refractivity contribution is -0.118. The van der Waals surface area contributed by atoms with Crippen molar-refractivity contribution in [3.63, 3.8) is 0 Å². The number of morpholine rings is 1. The number of nitrogens with zero attached hydrogens (tertiary/aromatic N) is 3. The average Bonchev–Trinajstić information content (AvgIpc) is 3.51. The molecule has 1 atom stereocenters. The minimum Gasteiger partial charge on any atom is -0.497 e. The van der Waals surface area contributed by atoms with Crippen molar-refractivity contribution < 1.29 is 14.3 Å². The Balaban J connectivity index is 1.34. The molecule has 0 radical (unpaired) electrons. The zero-order chi connectivity index (χ0) is 21.5. The second-order valence-electron chi connectivity index (χ2n) is 7.05. The summed E-state index contributed by atoms with van der Waals surface area (Å²) < 4.78 is 12.8. The minimum absolute atomic E-state index is 0.00000722. The zero-order valence-electron chi connectivity index (χ0n) is 17.4. The molecule has 1 saturated heterocycles. The van der Waals surface area contributed by atoms with E-state index in [9.17, 15) is 4.79 Å². The number of thiophene rings is 1. The number of carbonyl (C=O) groups is 1. The van der Waals surface area contributed by atoms with E-state index < -0.39 is 0 Å². The van der Waals surface area contributed by atoms with E-state index in [1.807, 2.05) is 35.0 Å². The second-order valence-corrected chi connectivity index (χ2v) is 8.98. The van der Waals surface area contributed by atoms with Crippen molar-refractivity contribution in [2.75, 3.05) is 45.7 Å². The predicted molar refractivity (Wildman–Crippen MR) is 123 cm³/mol. The molecule has 164 valence electrons. The topological polar surface area (TPSA) is 68.6 Å². The van der Waals surface area contributed by atoms with Crippen molar-refractivity contribution in [2.24, 2.45) is 0 Å². The number of imidazole rings is 1. The van der Waals surface area contributed by atoms with Crippen LogP contribution in [-0.4, -0.2) is 66.1 Å². The van der Waals surface area contributed by atoms with Crippen molar-refractivity contribution in [2.45, 2.75) is 11.2 Å². The van der Waals surface area contributed by atoms with Gasteiger partial charge >= 0.3 is 0 Å². The van der Waals surface area contributed by atoms with Gasteiger partial charge in [-0.2, -0.15) is 0 Å². The molecule has 0 aliphatic carbocycles. The quantitative estimate of drug-likeness (QED) is 0.497. The molecule has 1 fully saturated rings. The van der Waals surface area contributed by atoms with Crippen molar-refractivity contribution in [1.82, 2.24) is 19.8 Å². The molecule has 0 saturated carbocycles. The molecule has 31 heavy (non-hydrogen) atoms. The third kappa shape index (κ3) is 5.68. The number of amides is 1. The van der Waals surface area contributed by atoms with E-state index in [2.05, 4.69) is 32.7 Å². The molecule has 0 unspecified atom stereocenters. The Labute approximate surface area is 190 Å². The van der Waals surface area contributed by atoms with Crippen LogP contribution in [0.4, 0.5) is 0 Å². The van der Waals surface area contributed by atoms with Crippen LogP contribution in [0.5, 0.6) is 5.75 Å². The molecule has 4 rings (SSSR count). The van der Waals surface area contributed by atoms with Crippen LogP contribution in [0, 0.1) is 0 Å². The van der Waals surface area contributed by atoms with E-state index in [1.54, 1.807) is 24.6 Å². The zero-order valence-corrected chi connectivity index (χ0v) is 19.0. The number of carbonyl (C=O) groups excluding carboxylic acids is 1. The summed E-state index contributed by atoms with van der Waals surface area (Å²) in [5, 5.41) is 5.97. The lowest BCUT2D eigenvalue weighted by atomic mass is 10.2. The van der Waals surface area contributed by atoms with Gasteiger partial charge in [0.2, 0.25) is 5.91 Å². The molecule has 9 heteroatoms. The van der Waals surface area contributed by atoms with E-state index in [0.717, 1.165) is 42.9 Å². The van der Waals surface area contributed by atoms with E-state index in [1.165, 1.54) is 16.6 Å². The Morgan fingerprint density at radius 1 is 1.32 bits per heavy atom. The molecule has 1 aliphatic rings. The molecule has 1 N–H and O–H groups in total. The monoisotopic (exact) mass is 458 g/mol. The Morgan fingerprint density at radius 2 is 2.19 bits per heavy atom. The summed E-state index contributed by atoms with van der Waals surface area (Å²) in [5.74, 6) is 1.09. The Kier molecular flexibility index (Phi) is 7.63. The van der Waals surface area contributed by atoms with Crippen LogP contribution in [0.25, 0.3) is 5.69 Å². The van der Waals surface area contributed by atoms with Crippen LogP contribution in [0.2, 0.25) is 0 Å². The van der Waals surface area contributed by atoms with E-state index in [4.69, 9.17) is 9.47 Å². The fraction of sp³-hybridized carbons (Fsp3) is 0.364. The number of nitrogens with one attached hydrogen (secondary N) is 1. The van der Waals surface area contributed by atoms with Crippen LogP contribution in [0.3, 0.4) is 0 Å². The molecule has 3 heterocycles. The first-order chi connectivity index (χ1) is 15.2. The van der Waals surface area contributed by atoms with Gasteiger partial charge in [-0.3, -0.25) is 14.3 Å². The van der Waals surface area contributed by atoms with Gasteiger partial charge in [0.05, 0.1) is 37.8 Å². The van der Waals surface area contributed by atoms with E-state index >= 15 is 0 Å². The number of hydrogen-bond acceptors (Lipinski definition) is 7. The average molecular weight is 459 g/mol. The molecular weight excluding hydrogens is 432 g/mol. The summed E-state index contributed by atoms with van der Waals surface area (Å²) in [6, 6.07) is 12.1. The van der Waals surface area contributed by atoms with E-state index in [0.29, 0.717) is 12.3 Å². The number of ether oxygens (including phenoxy) is 2. The van der Waals surface area contributed by atoms with Gasteiger partial charge in [0.1, 0.15) is 5.75 Å². The van der Waals surface area contributed by atoms with Crippen LogP contribution in [0.1, 0.15) is 10.9 Å². The van der Waals surface area contributed by atoms with Crippen LogP contribution >= 0.6 is 23.1 Å². The molecule has 0 spiro atoms. The number of hydrogen-bond donors (Lipinski definition) is 1. The lowest BCUT2D eigenvalue weighted by Gasteiger charge is -2.34. The first-order valence-electron chi connectivity index (χ1n) is 10.2. The third-order valence-corrected chi connectivity index (χ3v) is 7.06. The molecule has 1 aliphatic heterocycles. The third-order valence-electron chi connectivity index (χ3n) is 5.12. The molecule has 3 aromatic rings. The number of aromatic nitrogens is 2. The second kappa shape index (κ2) is 10.8.